The second-order valence-corrected chi connectivity index (χ2v) is 12.9. The highest BCUT2D eigenvalue weighted by Crippen LogP contribution is 2.37. The average molecular weight is 682 g/mol. The van der Waals surface area contributed by atoms with E-state index >= 15 is 0 Å². The zero-order chi connectivity index (χ0) is 34.2. The van der Waals surface area contributed by atoms with E-state index in [0.29, 0.717) is 22.0 Å². The lowest BCUT2D eigenvalue weighted by Gasteiger charge is -2.19. The van der Waals surface area contributed by atoms with E-state index in [9.17, 15) is 14.4 Å². The SMILES string of the molecule is Cc1ccc(Cl)cc1NC(=O)C(Sc1cccc(NC(=O)/C(=C\c2cccc3ccccc23)NC(=O)c2ccccc2)c1)c1ccccc1. The van der Waals surface area contributed by atoms with Crippen molar-refractivity contribution in [2.24, 2.45) is 0 Å². The first-order valence-corrected chi connectivity index (χ1v) is 16.9. The molecule has 0 saturated carbocycles. The van der Waals surface area contributed by atoms with Crippen LogP contribution in [0.15, 0.2) is 156 Å². The molecule has 1 unspecified atom stereocenters. The molecular weight excluding hydrogens is 650 g/mol. The van der Waals surface area contributed by atoms with Crippen LogP contribution >= 0.6 is 23.4 Å². The maximum atomic E-state index is 13.9. The van der Waals surface area contributed by atoms with E-state index in [1.807, 2.05) is 110 Å². The number of hydrogen-bond donors (Lipinski definition) is 3. The number of rotatable bonds is 10. The molecule has 1 atom stereocenters. The summed E-state index contributed by atoms with van der Waals surface area (Å²) in [5.41, 5.74) is 4.16. The third kappa shape index (κ3) is 8.46. The van der Waals surface area contributed by atoms with Gasteiger partial charge in [0.05, 0.1) is 0 Å². The molecule has 0 heterocycles. The summed E-state index contributed by atoms with van der Waals surface area (Å²) in [6.45, 7) is 1.91. The van der Waals surface area contributed by atoms with Crippen molar-refractivity contribution >= 4 is 69.3 Å². The van der Waals surface area contributed by atoms with Gasteiger partial charge in [0.25, 0.3) is 11.8 Å². The number of anilines is 2. The first-order chi connectivity index (χ1) is 23.8. The van der Waals surface area contributed by atoms with Crippen molar-refractivity contribution in [3.05, 3.63) is 179 Å². The molecule has 0 saturated heterocycles. The molecule has 0 aliphatic heterocycles. The summed E-state index contributed by atoms with van der Waals surface area (Å²) < 4.78 is 0. The summed E-state index contributed by atoms with van der Waals surface area (Å²) >= 11 is 7.58. The standard InChI is InChI=1S/C41H32ClN3O3S/c1-27-22-23-32(42)25-36(27)44-41(48)38(29-13-4-2-5-14-29)49-34-20-11-19-33(26-34)43-40(47)37(45-39(46)30-15-6-3-7-16-30)24-31-18-10-17-28-12-8-9-21-35(28)31/h2-26,38H,1H3,(H,43,47)(H,44,48)(H,45,46)/b37-24+. The summed E-state index contributed by atoms with van der Waals surface area (Å²) in [5.74, 6) is -1.11. The van der Waals surface area contributed by atoms with Crippen LogP contribution in [0.1, 0.15) is 32.3 Å². The molecule has 0 aliphatic rings. The number of halogens is 1. The van der Waals surface area contributed by atoms with Crippen LogP contribution < -0.4 is 16.0 Å². The van der Waals surface area contributed by atoms with Crippen LogP contribution in [0.5, 0.6) is 0 Å². The minimum Gasteiger partial charge on any atom is -0.325 e. The van der Waals surface area contributed by atoms with Gasteiger partial charge in [0.15, 0.2) is 0 Å². The van der Waals surface area contributed by atoms with Gasteiger partial charge in [-0.05, 0) is 82.9 Å². The Bertz CT molecular complexity index is 2170. The number of thioether (sulfide) groups is 1. The number of nitrogens with one attached hydrogen (secondary N) is 3. The second kappa shape index (κ2) is 15.5. The van der Waals surface area contributed by atoms with E-state index < -0.39 is 17.1 Å². The Morgan fingerprint density at radius 2 is 1.41 bits per heavy atom. The van der Waals surface area contributed by atoms with Crippen LogP contribution in [0.2, 0.25) is 5.02 Å². The third-order valence-electron chi connectivity index (χ3n) is 7.80. The molecule has 6 aromatic carbocycles. The highest BCUT2D eigenvalue weighted by Gasteiger charge is 2.23. The molecule has 0 spiro atoms. The van der Waals surface area contributed by atoms with Crippen molar-refractivity contribution in [1.29, 1.82) is 0 Å². The summed E-state index contributed by atoms with van der Waals surface area (Å²) in [6, 6.07) is 44.6. The summed E-state index contributed by atoms with van der Waals surface area (Å²) in [4.78, 5) is 41.6. The Morgan fingerprint density at radius 3 is 2.20 bits per heavy atom. The first kappa shape index (κ1) is 33.3. The minimum atomic E-state index is -0.600. The number of carbonyl (C=O) groups is 3. The molecule has 0 bridgehead atoms. The molecular formula is C41H32ClN3O3S. The fourth-order valence-corrected chi connectivity index (χ4v) is 6.54. The molecule has 6 nitrogen and oxygen atoms in total. The molecule has 0 aliphatic carbocycles. The number of carbonyl (C=O) groups excluding carboxylic acids is 3. The van der Waals surface area contributed by atoms with Crippen LogP contribution in [-0.2, 0) is 9.59 Å². The van der Waals surface area contributed by atoms with Gasteiger partial charge < -0.3 is 16.0 Å². The molecule has 6 rings (SSSR count). The van der Waals surface area contributed by atoms with E-state index in [0.717, 1.165) is 32.4 Å². The highest BCUT2D eigenvalue weighted by molar-refractivity contribution is 8.00. The number of fused-ring (bicyclic) bond motifs is 1. The molecule has 0 fully saturated rings. The lowest BCUT2D eigenvalue weighted by Crippen LogP contribution is -2.30. The van der Waals surface area contributed by atoms with Gasteiger partial charge in [-0.3, -0.25) is 14.4 Å². The van der Waals surface area contributed by atoms with Crippen LogP contribution in [0.25, 0.3) is 16.8 Å². The van der Waals surface area contributed by atoms with E-state index in [1.54, 1.807) is 48.5 Å². The Balaban J connectivity index is 1.27. The van der Waals surface area contributed by atoms with Crippen molar-refractivity contribution < 1.29 is 14.4 Å². The molecule has 49 heavy (non-hydrogen) atoms. The number of benzene rings is 6. The fourth-order valence-electron chi connectivity index (χ4n) is 5.28. The highest BCUT2D eigenvalue weighted by atomic mass is 35.5. The van der Waals surface area contributed by atoms with E-state index in [4.69, 9.17) is 11.6 Å². The Hall–Kier alpha value is -5.63. The van der Waals surface area contributed by atoms with E-state index in [-0.39, 0.29) is 11.6 Å². The second-order valence-electron chi connectivity index (χ2n) is 11.3. The summed E-state index contributed by atoms with van der Waals surface area (Å²) in [7, 11) is 0. The largest absolute Gasteiger partial charge is 0.325 e. The van der Waals surface area contributed by atoms with Crippen molar-refractivity contribution in [2.75, 3.05) is 10.6 Å². The lowest BCUT2D eigenvalue weighted by atomic mass is 10.0. The number of aryl methyl sites for hydroxylation is 1. The lowest BCUT2D eigenvalue weighted by molar-refractivity contribution is -0.116. The van der Waals surface area contributed by atoms with Gasteiger partial charge in [0.2, 0.25) is 5.91 Å². The van der Waals surface area contributed by atoms with Gasteiger partial charge in [0.1, 0.15) is 10.9 Å². The van der Waals surface area contributed by atoms with Gasteiger partial charge in [-0.2, -0.15) is 0 Å². The molecule has 8 heteroatoms. The molecule has 242 valence electrons. The van der Waals surface area contributed by atoms with Gasteiger partial charge in [-0.1, -0.05) is 115 Å². The first-order valence-electron chi connectivity index (χ1n) is 15.6. The monoisotopic (exact) mass is 681 g/mol. The van der Waals surface area contributed by atoms with Crippen molar-refractivity contribution in [2.45, 2.75) is 17.1 Å². The van der Waals surface area contributed by atoms with Crippen LogP contribution in [0.3, 0.4) is 0 Å². The predicted molar refractivity (Wildman–Crippen MR) is 201 cm³/mol. The molecule has 0 radical (unpaired) electrons. The van der Waals surface area contributed by atoms with Gasteiger partial charge in [0, 0.05) is 26.9 Å². The van der Waals surface area contributed by atoms with Gasteiger partial charge in [-0.15, -0.1) is 11.8 Å². The van der Waals surface area contributed by atoms with Crippen molar-refractivity contribution in [3.63, 3.8) is 0 Å². The molecule has 6 aromatic rings. The Labute approximate surface area is 294 Å². The number of hydrogen-bond acceptors (Lipinski definition) is 4. The fraction of sp³-hybridized carbons (Fsp3) is 0.0488. The third-order valence-corrected chi connectivity index (χ3v) is 9.28. The van der Waals surface area contributed by atoms with Crippen molar-refractivity contribution in [3.8, 4) is 0 Å². The Morgan fingerprint density at radius 1 is 0.714 bits per heavy atom. The van der Waals surface area contributed by atoms with E-state index in [2.05, 4.69) is 16.0 Å². The zero-order valence-electron chi connectivity index (χ0n) is 26.5. The van der Waals surface area contributed by atoms with Gasteiger partial charge in [-0.25, -0.2) is 0 Å². The molecule has 0 aromatic heterocycles. The van der Waals surface area contributed by atoms with Gasteiger partial charge >= 0.3 is 0 Å². The van der Waals surface area contributed by atoms with E-state index in [1.165, 1.54) is 11.8 Å². The van der Waals surface area contributed by atoms with Crippen LogP contribution in [-0.4, -0.2) is 17.7 Å². The maximum Gasteiger partial charge on any atom is 0.272 e. The smallest absolute Gasteiger partial charge is 0.272 e. The van der Waals surface area contributed by atoms with Crippen LogP contribution in [0.4, 0.5) is 11.4 Å². The predicted octanol–water partition coefficient (Wildman–Crippen LogP) is 9.68. The van der Waals surface area contributed by atoms with Crippen molar-refractivity contribution in [1.82, 2.24) is 5.32 Å². The number of amides is 3. The molecule has 3 amide bonds. The zero-order valence-corrected chi connectivity index (χ0v) is 28.1. The normalized spacial score (nSPS) is 11.8. The summed E-state index contributed by atoms with van der Waals surface area (Å²) in [5, 5.41) is 10.7. The Kier molecular flexibility index (Phi) is 10.5. The maximum absolute atomic E-state index is 13.9. The molecule has 3 N–H and O–H groups in total. The quantitative estimate of drug-likeness (QED) is 0.0993. The average Bonchev–Trinajstić information content (AvgIpc) is 3.12. The minimum absolute atomic E-state index is 0.0849. The topological polar surface area (TPSA) is 87.3 Å². The van der Waals surface area contributed by atoms with Crippen LogP contribution in [0, 0.1) is 6.92 Å². The summed E-state index contributed by atoms with van der Waals surface area (Å²) in [6.07, 6.45) is 1.69.